The molecule has 0 spiro atoms. The van der Waals surface area contributed by atoms with Crippen LogP contribution in [-0.2, 0) is 0 Å². The van der Waals surface area contributed by atoms with E-state index >= 15 is 0 Å². The van der Waals surface area contributed by atoms with E-state index in [0.717, 1.165) is 18.7 Å². The second-order valence-electron chi connectivity index (χ2n) is 4.63. The summed E-state index contributed by atoms with van der Waals surface area (Å²) in [7, 11) is 0. The quantitative estimate of drug-likeness (QED) is 0.920. The molecule has 0 atom stereocenters. The Kier molecular flexibility index (Phi) is 3.71. The number of benzene rings is 1. The van der Waals surface area contributed by atoms with Crippen LogP contribution in [-0.4, -0.2) is 42.1 Å². The summed E-state index contributed by atoms with van der Waals surface area (Å²) >= 11 is 5.95. The van der Waals surface area contributed by atoms with Crippen LogP contribution < -0.4 is 5.32 Å². The first-order valence-corrected chi connectivity index (χ1v) is 6.84. The van der Waals surface area contributed by atoms with Gasteiger partial charge >= 0.3 is 0 Å². The van der Waals surface area contributed by atoms with Gasteiger partial charge in [-0.1, -0.05) is 28.9 Å². The zero-order chi connectivity index (χ0) is 13.9. The molecule has 5 nitrogen and oxygen atoms in total. The van der Waals surface area contributed by atoms with Crippen molar-refractivity contribution in [2.75, 3.05) is 26.2 Å². The van der Waals surface area contributed by atoms with Gasteiger partial charge in [0.05, 0.1) is 0 Å². The molecule has 1 amide bonds. The predicted molar refractivity (Wildman–Crippen MR) is 75.7 cm³/mol. The van der Waals surface area contributed by atoms with E-state index in [-0.39, 0.29) is 11.7 Å². The molecule has 6 heteroatoms. The topological polar surface area (TPSA) is 58.4 Å². The minimum atomic E-state index is -0.118. The number of amides is 1. The normalized spacial score (nSPS) is 15.3. The zero-order valence-corrected chi connectivity index (χ0v) is 11.6. The summed E-state index contributed by atoms with van der Waals surface area (Å²) in [6.07, 6.45) is 0. The van der Waals surface area contributed by atoms with E-state index in [1.165, 1.54) is 0 Å². The summed E-state index contributed by atoms with van der Waals surface area (Å²) in [4.78, 5) is 14.0. The molecular weight excluding hydrogens is 278 g/mol. The first-order valence-electron chi connectivity index (χ1n) is 6.47. The first-order chi connectivity index (χ1) is 9.74. The predicted octanol–water partition coefficient (Wildman–Crippen LogP) is 2.04. The Balaban J connectivity index is 1.81. The molecule has 104 valence electrons. The zero-order valence-electron chi connectivity index (χ0n) is 10.8. The Labute approximate surface area is 121 Å². The average Bonchev–Trinajstić information content (AvgIpc) is 2.97. The van der Waals surface area contributed by atoms with Crippen molar-refractivity contribution in [1.82, 2.24) is 15.4 Å². The van der Waals surface area contributed by atoms with Gasteiger partial charge in [-0.25, -0.2) is 0 Å². The van der Waals surface area contributed by atoms with Crippen molar-refractivity contribution in [1.29, 1.82) is 0 Å². The number of hydrogen-bond donors (Lipinski definition) is 1. The maximum atomic E-state index is 12.2. The van der Waals surface area contributed by atoms with Crippen LogP contribution in [0.5, 0.6) is 0 Å². The van der Waals surface area contributed by atoms with E-state index in [4.69, 9.17) is 16.1 Å². The highest BCUT2D eigenvalue weighted by Crippen LogP contribution is 2.23. The lowest BCUT2D eigenvalue weighted by Gasteiger charge is -2.26. The summed E-state index contributed by atoms with van der Waals surface area (Å²) in [6.45, 7) is 2.99. The van der Waals surface area contributed by atoms with Crippen LogP contribution in [0.15, 0.2) is 34.9 Å². The Morgan fingerprint density at radius 3 is 2.85 bits per heavy atom. The number of nitrogens with one attached hydrogen (secondary N) is 1. The van der Waals surface area contributed by atoms with Gasteiger partial charge in [-0.05, 0) is 12.1 Å². The molecular formula is C14H14ClN3O2. The lowest BCUT2D eigenvalue weighted by molar-refractivity contribution is 0.0694. The monoisotopic (exact) mass is 291 g/mol. The lowest BCUT2D eigenvalue weighted by atomic mass is 10.1. The molecule has 2 aromatic rings. The largest absolute Gasteiger partial charge is 0.350 e. The van der Waals surface area contributed by atoms with Crippen molar-refractivity contribution in [2.45, 2.75) is 0 Å². The minimum absolute atomic E-state index is 0.118. The lowest BCUT2D eigenvalue weighted by Crippen LogP contribution is -2.46. The van der Waals surface area contributed by atoms with Crippen molar-refractivity contribution < 1.29 is 9.32 Å². The molecule has 0 aliphatic carbocycles. The number of piperazine rings is 1. The van der Waals surface area contributed by atoms with Crippen molar-refractivity contribution >= 4 is 17.5 Å². The fourth-order valence-electron chi connectivity index (χ4n) is 2.18. The van der Waals surface area contributed by atoms with Crippen LogP contribution in [0.25, 0.3) is 11.3 Å². The SMILES string of the molecule is O=C(c1cc(-c2cccc(Cl)c2)no1)N1CCNCC1. The molecule has 3 rings (SSSR count). The average molecular weight is 292 g/mol. The first kappa shape index (κ1) is 13.1. The summed E-state index contributed by atoms with van der Waals surface area (Å²) in [5.41, 5.74) is 1.45. The molecule has 0 saturated carbocycles. The second kappa shape index (κ2) is 5.64. The highest BCUT2D eigenvalue weighted by atomic mass is 35.5. The fourth-order valence-corrected chi connectivity index (χ4v) is 2.37. The summed E-state index contributed by atoms with van der Waals surface area (Å²) < 4.78 is 5.17. The van der Waals surface area contributed by atoms with Gasteiger partial charge in [-0.2, -0.15) is 0 Å². The van der Waals surface area contributed by atoms with Crippen LogP contribution >= 0.6 is 11.6 Å². The molecule has 1 saturated heterocycles. The van der Waals surface area contributed by atoms with Gasteiger partial charge in [0.1, 0.15) is 5.69 Å². The van der Waals surface area contributed by atoms with Gasteiger partial charge in [0, 0.05) is 42.8 Å². The van der Waals surface area contributed by atoms with Crippen molar-refractivity contribution in [3.63, 3.8) is 0 Å². The number of aromatic nitrogens is 1. The van der Waals surface area contributed by atoms with E-state index < -0.39 is 0 Å². The number of nitrogens with zero attached hydrogens (tertiary/aromatic N) is 2. The third kappa shape index (κ3) is 2.69. The maximum Gasteiger partial charge on any atom is 0.292 e. The molecule has 0 bridgehead atoms. The Bertz CT molecular complexity index is 620. The van der Waals surface area contributed by atoms with E-state index in [0.29, 0.717) is 23.8 Å². The number of carbonyl (C=O) groups excluding carboxylic acids is 1. The summed E-state index contributed by atoms with van der Waals surface area (Å²) in [5.74, 6) is 0.147. The van der Waals surface area contributed by atoms with Gasteiger partial charge in [0.25, 0.3) is 5.91 Å². The van der Waals surface area contributed by atoms with Gasteiger partial charge in [-0.3, -0.25) is 4.79 Å². The van der Waals surface area contributed by atoms with Gasteiger partial charge < -0.3 is 14.7 Å². The van der Waals surface area contributed by atoms with Crippen LogP contribution in [0.1, 0.15) is 10.6 Å². The second-order valence-corrected chi connectivity index (χ2v) is 5.07. The standard InChI is InChI=1S/C14H14ClN3O2/c15-11-3-1-2-10(8-11)12-9-13(20-17-12)14(19)18-6-4-16-5-7-18/h1-3,8-9,16H,4-7H2. The summed E-state index contributed by atoms with van der Waals surface area (Å²) in [6, 6.07) is 8.96. The van der Waals surface area contributed by atoms with Gasteiger partial charge in [0.15, 0.2) is 0 Å². The van der Waals surface area contributed by atoms with Crippen LogP contribution in [0.4, 0.5) is 0 Å². The van der Waals surface area contributed by atoms with Crippen molar-refractivity contribution in [3.05, 3.63) is 41.1 Å². The molecule has 1 aromatic carbocycles. The summed E-state index contributed by atoms with van der Waals surface area (Å²) in [5, 5.41) is 7.78. The molecule has 0 radical (unpaired) electrons. The van der Waals surface area contributed by atoms with Gasteiger partial charge in [0.2, 0.25) is 5.76 Å². The van der Waals surface area contributed by atoms with E-state index in [1.54, 1.807) is 23.1 Å². The number of rotatable bonds is 2. The Morgan fingerprint density at radius 2 is 2.10 bits per heavy atom. The molecule has 1 aromatic heterocycles. The minimum Gasteiger partial charge on any atom is -0.350 e. The third-order valence-corrected chi connectivity index (χ3v) is 3.48. The van der Waals surface area contributed by atoms with Crippen LogP contribution in [0, 0.1) is 0 Å². The van der Waals surface area contributed by atoms with Crippen molar-refractivity contribution in [3.8, 4) is 11.3 Å². The number of carbonyl (C=O) groups is 1. The third-order valence-electron chi connectivity index (χ3n) is 3.25. The maximum absolute atomic E-state index is 12.2. The number of hydrogen-bond acceptors (Lipinski definition) is 4. The van der Waals surface area contributed by atoms with E-state index in [9.17, 15) is 4.79 Å². The van der Waals surface area contributed by atoms with Crippen molar-refractivity contribution in [2.24, 2.45) is 0 Å². The van der Waals surface area contributed by atoms with Crippen LogP contribution in [0.2, 0.25) is 5.02 Å². The van der Waals surface area contributed by atoms with E-state index in [2.05, 4.69) is 10.5 Å². The number of halogens is 1. The Hall–Kier alpha value is -1.85. The van der Waals surface area contributed by atoms with E-state index in [1.807, 2.05) is 12.1 Å². The highest BCUT2D eigenvalue weighted by molar-refractivity contribution is 6.30. The molecule has 1 fully saturated rings. The Morgan fingerprint density at radius 1 is 1.30 bits per heavy atom. The van der Waals surface area contributed by atoms with Crippen LogP contribution in [0.3, 0.4) is 0 Å². The molecule has 0 unspecified atom stereocenters. The molecule has 20 heavy (non-hydrogen) atoms. The molecule has 1 aliphatic rings. The molecule has 2 heterocycles. The highest BCUT2D eigenvalue weighted by Gasteiger charge is 2.22. The van der Waals surface area contributed by atoms with Gasteiger partial charge in [-0.15, -0.1) is 0 Å². The molecule has 1 aliphatic heterocycles. The molecule has 1 N–H and O–H groups in total. The smallest absolute Gasteiger partial charge is 0.292 e. The fraction of sp³-hybridized carbons (Fsp3) is 0.286.